The van der Waals surface area contributed by atoms with Crippen molar-refractivity contribution in [3.63, 3.8) is 0 Å². The van der Waals surface area contributed by atoms with Gasteiger partial charge in [-0.25, -0.2) is 0 Å². The number of benzene rings is 1. The molecule has 1 saturated carbocycles. The van der Waals surface area contributed by atoms with Crippen LogP contribution in [0, 0.1) is 11.8 Å². The summed E-state index contributed by atoms with van der Waals surface area (Å²) in [5.74, 6) is 1.78. The van der Waals surface area contributed by atoms with Crippen molar-refractivity contribution in [2.24, 2.45) is 11.8 Å². The van der Waals surface area contributed by atoms with Gasteiger partial charge in [-0.3, -0.25) is 4.79 Å². The molecule has 1 aliphatic carbocycles. The van der Waals surface area contributed by atoms with Gasteiger partial charge in [0.05, 0.1) is 0 Å². The summed E-state index contributed by atoms with van der Waals surface area (Å²) in [5.41, 5.74) is 2.22. The predicted molar refractivity (Wildman–Crippen MR) is 128 cm³/mol. The van der Waals surface area contributed by atoms with Gasteiger partial charge in [0.25, 0.3) is 0 Å². The van der Waals surface area contributed by atoms with E-state index < -0.39 is 0 Å². The average Bonchev–Trinajstić information content (AvgIpc) is 2.77. The van der Waals surface area contributed by atoms with E-state index in [1.165, 1.54) is 56.9 Å². The minimum absolute atomic E-state index is 0.729. The third-order valence-electron chi connectivity index (χ3n) is 4.80. The van der Waals surface area contributed by atoms with Crippen LogP contribution in [0.1, 0.15) is 103 Å². The van der Waals surface area contributed by atoms with Gasteiger partial charge in [0.2, 0.25) is 0 Å². The molecule has 1 fully saturated rings. The Hall–Kier alpha value is -1.63. The molecule has 1 aliphatic rings. The maximum atomic E-state index is 10.0. The zero-order valence-corrected chi connectivity index (χ0v) is 19.5. The highest BCUT2D eigenvalue weighted by atomic mass is 16.1. The van der Waals surface area contributed by atoms with Crippen molar-refractivity contribution in [2.75, 3.05) is 0 Å². The zero-order chi connectivity index (χ0) is 21.6. The van der Waals surface area contributed by atoms with E-state index in [4.69, 9.17) is 0 Å². The Bertz CT molecular complexity index is 486. The Labute approximate surface area is 176 Å². The Balaban J connectivity index is 0. The number of carbonyl (C=O) groups excluding carboxylic acids is 1. The van der Waals surface area contributed by atoms with Gasteiger partial charge in [-0.15, -0.1) is 0 Å². The molecule has 0 bridgehead atoms. The van der Waals surface area contributed by atoms with E-state index in [0.717, 1.165) is 23.7 Å². The lowest BCUT2D eigenvalue weighted by Gasteiger charge is -2.22. The number of hydrogen-bond donors (Lipinski definition) is 0. The van der Waals surface area contributed by atoms with Crippen molar-refractivity contribution in [2.45, 2.75) is 92.9 Å². The lowest BCUT2D eigenvalue weighted by atomic mass is 9.83. The van der Waals surface area contributed by atoms with Gasteiger partial charge >= 0.3 is 0 Å². The third kappa shape index (κ3) is 16.5. The molecule has 1 heteroatoms. The lowest BCUT2D eigenvalue weighted by Crippen LogP contribution is -2.07. The molecule has 28 heavy (non-hydrogen) atoms. The summed E-state index contributed by atoms with van der Waals surface area (Å²) in [7, 11) is 0. The van der Waals surface area contributed by atoms with Crippen molar-refractivity contribution in [3.05, 3.63) is 60.2 Å². The number of rotatable bonds is 7. The fourth-order valence-corrected chi connectivity index (χ4v) is 2.98. The molecule has 0 spiro atoms. The monoisotopic (exact) mass is 386 g/mol. The summed E-state index contributed by atoms with van der Waals surface area (Å²) in [4.78, 5) is 10.0. The van der Waals surface area contributed by atoms with Gasteiger partial charge < -0.3 is 0 Å². The molecular weight excluding hydrogens is 340 g/mol. The third-order valence-corrected chi connectivity index (χ3v) is 4.80. The van der Waals surface area contributed by atoms with Crippen molar-refractivity contribution in [3.8, 4) is 0 Å². The normalized spacial score (nSPS) is 16.5. The maximum absolute atomic E-state index is 10.0. The van der Waals surface area contributed by atoms with Gasteiger partial charge in [0.1, 0.15) is 6.29 Å². The van der Waals surface area contributed by atoms with Crippen LogP contribution in [0.2, 0.25) is 0 Å². The largest absolute Gasteiger partial charge is 0.298 e. The first kappa shape index (κ1) is 28.6. The summed E-state index contributed by atoms with van der Waals surface area (Å²) in [6.45, 7) is 16.7. The van der Waals surface area contributed by atoms with Crippen LogP contribution in [0.3, 0.4) is 0 Å². The standard InChI is InChI=1S/C16H28.C7H6O.2C2H6/c1-4-14(2)9-6-5-7-11-16-12-8-10-15(3)13-16;8-6-7-4-2-1-3-5-7;2*1-2/h5-6,14,16H,3-4,7-13H2,1-2H3;1-6H;2*1-2H3. The van der Waals surface area contributed by atoms with Crippen LogP contribution in [0.15, 0.2) is 54.6 Å². The molecule has 0 amide bonds. The van der Waals surface area contributed by atoms with Crippen LogP contribution in [0.5, 0.6) is 0 Å². The summed E-state index contributed by atoms with van der Waals surface area (Å²) in [5, 5.41) is 0. The van der Waals surface area contributed by atoms with Crippen LogP contribution in [-0.4, -0.2) is 6.29 Å². The molecule has 160 valence electrons. The number of hydrogen-bond acceptors (Lipinski definition) is 1. The Morgan fingerprint density at radius 1 is 1.11 bits per heavy atom. The predicted octanol–water partition coefficient (Wildman–Crippen LogP) is 9.06. The molecule has 0 heterocycles. The fraction of sp³-hybridized carbons (Fsp3) is 0.593. The maximum Gasteiger partial charge on any atom is 0.150 e. The van der Waals surface area contributed by atoms with Crippen molar-refractivity contribution in [1.82, 2.24) is 0 Å². The molecule has 0 saturated heterocycles. The molecule has 2 unspecified atom stereocenters. The van der Waals surface area contributed by atoms with Crippen LogP contribution in [0.4, 0.5) is 0 Å². The van der Waals surface area contributed by atoms with E-state index in [9.17, 15) is 4.79 Å². The molecule has 0 aliphatic heterocycles. The van der Waals surface area contributed by atoms with E-state index >= 15 is 0 Å². The van der Waals surface area contributed by atoms with Gasteiger partial charge in [0, 0.05) is 5.56 Å². The topological polar surface area (TPSA) is 17.1 Å². The molecule has 1 aromatic carbocycles. The number of allylic oxidation sites excluding steroid dienone is 3. The zero-order valence-electron chi connectivity index (χ0n) is 19.5. The minimum Gasteiger partial charge on any atom is -0.298 e. The second kappa shape index (κ2) is 21.7. The van der Waals surface area contributed by atoms with Crippen LogP contribution < -0.4 is 0 Å². The van der Waals surface area contributed by atoms with Crippen molar-refractivity contribution in [1.29, 1.82) is 0 Å². The van der Waals surface area contributed by atoms with E-state index in [1.807, 2.05) is 45.9 Å². The molecular formula is C27H46O. The number of aldehydes is 1. The summed E-state index contributed by atoms with van der Waals surface area (Å²) < 4.78 is 0. The lowest BCUT2D eigenvalue weighted by molar-refractivity contribution is 0.112. The van der Waals surface area contributed by atoms with Crippen LogP contribution in [0.25, 0.3) is 0 Å². The van der Waals surface area contributed by atoms with Gasteiger partial charge in [-0.1, -0.05) is 103 Å². The molecule has 0 N–H and O–H groups in total. The van der Waals surface area contributed by atoms with Crippen LogP contribution >= 0.6 is 0 Å². The molecule has 0 radical (unpaired) electrons. The van der Waals surface area contributed by atoms with E-state index in [1.54, 1.807) is 12.1 Å². The molecule has 2 rings (SSSR count). The summed E-state index contributed by atoms with van der Waals surface area (Å²) >= 11 is 0. The smallest absolute Gasteiger partial charge is 0.150 e. The minimum atomic E-state index is 0.729. The number of carbonyl (C=O) groups is 1. The molecule has 0 aromatic heterocycles. The Kier molecular flexibility index (Phi) is 22.1. The van der Waals surface area contributed by atoms with E-state index in [2.05, 4.69) is 32.6 Å². The summed E-state index contributed by atoms with van der Waals surface area (Å²) in [6, 6.07) is 9.10. The first-order valence-corrected chi connectivity index (χ1v) is 11.5. The van der Waals surface area contributed by atoms with Gasteiger partial charge in [-0.05, 0) is 56.8 Å². The highest BCUT2D eigenvalue weighted by Gasteiger charge is 2.14. The summed E-state index contributed by atoms with van der Waals surface area (Å²) in [6.07, 6.45) is 16.2. The van der Waals surface area contributed by atoms with Crippen molar-refractivity contribution < 1.29 is 4.79 Å². The fourth-order valence-electron chi connectivity index (χ4n) is 2.98. The molecule has 2 atom stereocenters. The van der Waals surface area contributed by atoms with Crippen molar-refractivity contribution >= 4 is 6.29 Å². The second-order valence-corrected chi connectivity index (χ2v) is 7.04. The quantitative estimate of drug-likeness (QED) is 0.337. The molecule has 1 aromatic rings. The van der Waals surface area contributed by atoms with E-state index in [0.29, 0.717) is 0 Å². The highest BCUT2D eigenvalue weighted by molar-refractivity contribution is 5.74. The first-order chi connectivity index (χ1) is 13.7. The molecule has 1 nitrogen and oxygen atoms in total. The second-order valence-electron chi connectivity index (χ2n) is 7.04. The Morgan fingerprint density at radius 3 is 2.25 bits per heavy atom. The van der Waals surface area contributed by atoms with Gasteiger partial charge in [0.15, 0.2) is 0 Å². The average molecular weight is 387 g/mol. The Morgan fingerprint density at radius 2 is 1.75 bits per heavy atom. The van der Waals surface area contributed by atoms with E-state index in [-0.39, 0.29) is 0 Å². The van der Waals surface area contributed by atoms with Gasteiger partial charge in [-0.2, -0.15) is 0 Å². The SMILES string of the molecule is C=C1CCCC(CCC=CCC(C)CC)C1.CC.CC.O=Cc1ccccc1. The first-order valence-electron chi connectivity index (χ1n) is 11.5. The highest BCUT2D eigenvalue weighted by Crippen LogP contribution is 2.30. The van der Waals surface area contributed by atoms with Crippen LogP contribution in [-0.2, 0) is 0 Å².